The molecule has 8 atom stereocenters. The Labute approximate surface area is 559 Å². The van der Waals surface area contributed by atoms with E-state index in [-0.39, 0.29) is 19.4 Å². The zero-order valence-corrected chi connectivity index (χ0v) is 59.0. The predicted molar refractivity (Wildman–Crippen MR) is 384 cm³/mol. The van der Waals surface area contributed by atoms with Crippen LogP contribution < -0.4 is 5.32 Å². The number of allylic oxidation sites excluding steroid dienone is 13. The Bertz CT molecular complexity index is 1810. The quantitative estimate of drug-likeness (QED) is 0.0195. The third kappa shape index (κ3) is 53.7. The first kappa shape index (κ1) is 85.9. The van der Waals surface area contributed by atoms with Gasteiger partial charge in [0.1, 0.15) is 24.4 Å². The molecule has 0 aliphatic carbocycles. The van der Waals surface area contributed by atoms with Gasteiger partial charge in [0.25, 0.3) is 0 Å². The molecule has 91 heavy (non-hydrogen) atoms. The Kier molecular flexibility index (Phi) is 63.1. The molecule has 0 radical (unpaired) electrons. The van der Waals surface area contributed by atoms with Gasteiger partial charge in [-0.3, -0.25) is 9.59 Å². The maximum atomic E-state index is 13.5. The average molecular weight is 1280 g/mol. The molecule has 1 aliphatic heterocycles. The second kappa shape index (κ2) is 66.8. The van der Waals surface area contributed by atoms with E-state index in [1.165, 1.54) is 205 Å². The molecule has 1 aliphatic rings. The molecule has 0 spiro atoms. The van der Waals surface area contributed by atoms with Gasteiger partial charge in [-0.1, -0.05) is 324 Å². The molecule has 1 heterocycles. The fourth-order valence-corrected chi connectivity index (χ4v) is 11.7. The van der Waals surface area contributed by atoms with Crippen molar-refractivity contribution in [2.24, 2.45) is 0 Å². The number of aliphatic hydroxyl groups excluding tert-OH is 5. The Morgan fingerprint density at radius 3 is 1.15 bits per heavy atom. The van der Waals surface area contributed by atoms with Crippen LogP contribution in [0.15, 0.2) is 85.1 Å². The normalized spacial score (nSPS) is 18.4. The predicted octanol–water partition coefficient (Wildman–Crippen LogP) is 20.4. The number of hydrogen-bond donors (Lipinski definition) is 6. The number of nitrogens with one attached hydrogen (secondary N) is 1. The van der Waals surface area contributed by atoms with Crippen LogP contribution in [-0.2, 0) is 23.8 Å². The van der Waals surface area contributed by atoms with Crippen molar-refractivity contribution >= 4 is 11.9 Å². The molecule has 1 saturated heterocycles. The Morgan fingerprint density at radius 2 is 0.758 bits per heavy atom. The fourth-order valence-electron chi connectivity index (χ4n) is 11.7. The Hall–Kier alpha value is -3.16. The summed E-state index contributed by atoms with van der Waals surface area (Å²) in [7, 11) is 0. The molecule has 6 N–H and O–H groups in total. The van der Waals surface area contributed by atoms with E-state index in [9.17, 15) is 35.1 Å². The molecular formula is C80H143NO10. The first-order valence-electron chi connectivity index (χ1n) is 38.4. The van der Waals surface area contributed by atoms with E-state index in [1.54, 1.807) is 6.08 Å². The van der Waals surface area contributed by atoms with Gasteiger partial charge in [0.2, 0.25) is 5.91 Å². The Morgan fingerprint density at radius 1 is 0.429 bits per heavy atom. The minimum absolute atomic E-state index is 0.115. The van der Waals surface area contributed by atoms with Crippen LogP contribution in [0, 0.1) is 0 Å². The highest BCUT2D eigenvalue weighted by Crippen LogP contribution is 2.26. The van der Waals surface area contributed by atoms with Crippen molar-refractivity contribution in [1.29, 1.82) is 0 Å². The lowest BCUT2D eigenvalue weighted by molar-refractivity contribution is -0.305. The van der Waals surface area contributed by atoms with E-state index < -0.39 is 67.4 Å². The summed E-state index contributed by atoms with van der Waals surface area (Å²) in [5.41, 5.74) is 0. The summed E-state index contributed by atoms with van der Waals surface area (Å²) in [4.78, 5) is 26.8. The number of ether oxygens (including phenoxy) is 3. The van der Waals surface area contributed by atoms with Crippen molar-refractivity contribution < 1.29 is 49.3 Å². The fraction of sp³-hybridized carbons (Fsp3) is 0.800. The summed E-state index contributed by atoms with van der Waals surface area (Å²) in [5.74, 6) is -1.19. The average Bonchev–Trinajstić information content (AvgIpc) is 1.09. The summed E-state index contributed by atoms with van der Waals surface area (Å²) in [6.45, 7) is 5.78. The third-order valence-corrected chi connectivity index (χ3v) is 17.8. The van der Waals surface area contributed by atoms with Gasteiger partial charge in [0.15, 0.2) is 12.4 Å². The maximum Gasteiger partial charge on any atom is 0.306 e. The highest BCUT2D eigenvalue weighted by atomic mass is 16.7. The van der Waals surface area contributed by atoms with Crippen molar-refractivity contribution in [2.45, 2.75) is 397 Å². The van der Waals surface area contributed by atoms with Gasteiger partial charge >= 0.3 is 5.97 Å². The van der Waals surface area contributed by atoms with Crippen LogP contribution in [0.4, 0.5) is 0 Å². The molecule has 0 aromatic rings. The number of carbonyl (C=O) groups is 2. The zero-order chi connectivity index (χ0) is 66.0. The molecule has 1 rings (SSSR count). The molecule has 8 unspecified atom stereocenters. The number of hydrogen-bond acceptors (Lipinski definition) is 10. The largest absolute Gasteiger partial charge is 0.454 e. The minimum Gasteiger partial charge on any atom is -0.454 e. The van der Waals surface area contributed by atoms with Crippen LogP contribution in [0.3, 0.4) is 0 Å². The van der Waals surface area contributed by atoms with Crippen molar-refractivity contribution in [3.05, 3.63) is 85.1 Å². The molecule has 1 amide bonds. The van der Waals surface area contributed by atoms with Gasteiger partial charge in [-0.15, -0.1) is 0 Å². The van der Waals surface area contributed by atoms with Gasteiger partial charge < -0.3 is 45.1 Å². The van der Waals surface area contributed by atoms with Crippen molar-refractivity contribution in [3.63, 3.8) is 0 Å². The number of rotatable bonds is 66. The lowest BCUT2D eigenvalue weighted by atomic mass is 9.99. The van der Waals surface area contributed by atoms with Crippen LogP contribution in [0.25, 0.3) is 0 Å². The van der Waals surface area contributed by atoms with Gasteiger partial charge in [0, 0.05) is 6.42 Å². The van der Waals surface area contributed by atoms with E-state index in [4.69, 9.17) is 14.2 Å². The van der Waals surface area contributed by atoms with Gasteiger partial charge in [0.05, 0.1) is 25.4 Å². The van der Waals surface area contributed by atoms with Crippen LogP contribution in [0.2, 0.25) is 0 Å². The van der Waals surface area contributed by atoms with Crippen LogP contribution in [-0.4, -0.2) is 99.6 Å². The third-order valence-electron chi connectivity index (χ3n) is 17.8. The first-order chi connectivity index (χ1) is 44.7. The van der Waals surface area contributed by atoms with Crippen LogP contribution in [0.1, 0.15) is 348 Å². The van der Waals surface area contributed by atoms with Gasteiger partial charge in [-0.2, -0.15) is 0 Å². The molecule has 0 aromatic heterocycles. The molecule has 1 fully saturated rings. The van der Waals surface area contributed by atoms with Crippen LogP contribution in [0.5, 0.6) is 0 Å². The van der Waals surface area contributed by atoms with E-state index in [0.29, 0.717) is 12.8 Å². The van der Waals surface area contributed by atoms with Gasteiger partial charge in [-0.25, -0.2) is 0 Å². The topological polar surface area (TPSA) is 175 Å². The molecule has 0 saturated carbocycles. The number of esters is 1. The van der Waals surface area contributed by atoms with E-state index >= 15 is 0 Å². The minimum atomic E-state index is -1.62. The van der Waals surface area contributed by atoms with Crippen LogP contribution >= 0.6 is 0 Å². The molecule has 528 valence electrons. The standard InChI is InChI=1S/C80H143NO10/c1-4-7-10-13-16-19-22-25-27-29-31-33-35-37-39-41-43-45-47-50-53-56-59-62-65-68-75(85)91-78-77(87)76(86)74(69-82)90-80(78)89-70-71(72(83)66-63-60-57-54-51-48-24-21-18-15-12-9-6-3)81-79(88)73(84)67-64-61-58-55-52-49-46-44-42-40-38-36-34-32-30-28-26-23-20-17-14-11-8-5-2/h16-17,19-20,25-28,31,33,37,39,63,66,71-74,76-78,80,82-84,86-87H,4-15,18,21-24,29-30,32,34-36,38,40-62,64-65,67-70H2,1-3H3,(H,81,88)/b19-16-,20-17-,27-25-,28-26-,33-31-,39-37-,66-63+. The van der Waals surface area contributed by atoms with Crippen molar-refractivity contribution in [1.82, 2.24) is 5.32 Å². The number of carbonyl (C=O) groups excluding carboxylic acids is 2. The summed E-state index contributed by atoms with van der Waals surface area (Å²) in [6.07, 6.45) is 79.0. The maximum absolute atomic E-state index is 13.5. The highest BCUT2D eigenvalue weighted by molar-refractivity contribution is 5.80. The number of unbranched alkanes of at least 4 members (excludes halogenated alkanes) is 40. The lowest BCUT2D eigenvalue weighted by Crippen LogP contribution is -2.61. The van der Waals surface area contributed by atoms with Gasteiger partial charge in [-0.05, 0) is 103 Å². The van der Waals surface area contributed by atoms with Crippen molar-refractivity contribution in [2.75, 3.05) is 13.2 Å². The second-order valence-corrected chi connectivity index (χ2v) is 26.4. The first-order valence-corrected chi connectivity index (χ1v) is 38.4. The lowest BCUT2D eigenvalue weighted by Gasteiger charge is -2.41. The second-order valence-electron chi connectivity index (χ2n) is 26.4. The van der Waals surface area contributed by atoms with Crippen molar-refractivity contribution in [3.8, 4) is 0 Å². The molecule has 0 aromatic carbocycles. The van der Waals surface area contributed by atoms with E-state index in [1.807, 2.05) is 6.08 Å². The SMILES string of the molecule is CCCCC/C=C\C/C=C\C/C=C\C/C=C\CCCCCCCCCCCC(=O)OC1C(OCC(NC(=O)C(O)CCCCCCCCCCCCCCCC/C=C\C/C=C\CCCCC)C(O)/C=C/CCCCCCCCCCCCC)OC(CO)C(O)C1O. The monoisotopic (exact) mass is 1280 g/mol. The molecule has 11 nitrogen and oxygen atoms in total. The summed E-state index contributed by atoms with van der Waals surface area (Å²) in [6, 6.07) is -1.03. The highest BCUT2D eigenvalue weighted by Gasteiger charge is 2.47. The smallest absolute Gasteiger partial charge is 0.306 e. The summed E-state index contributed by atoms with van der Waals surface area (Å²) >= 11 is 0. The Balaban J connectivity index is 2.55. The number of aliphatic hydroxyl groups is 5. The summed E-state index contributed by atoms with van der Waals surface area (Å²) in [5, 5.41) is 57.4. The molecular weight excluding hydrogens is 1130 g/mol. The zero-order valence-electron chi connectivity index (χ0n) is 59.0. The molecule has 0 bridgehead atoms. The van der Waals surface area contributed by atoms with E-state index in [0.717, 1.165) is 96.3 Å². The number of amides is 1. The summed E-state index contributed by atoms with van der Waals surface area (Å²) < 4.78 is 17.7. The van der Waals surface area contributed by atoms with E-state index in [2.05, 4.69) is 99.0 Å². The molecule has 11 heteroatoms.